The van der Waals surface area contributed by atoms with E-state index in [4.69, 9.17) is 14.4 Å². The molecule has 9 aromatic carbocycles. The van der Waals surface area contributed by atoms with E-state index in [0.29, 0.717) is 5.82 Å². The predicted molar refractivity (Wildman–Crippen MR) is 229 cm³/mol. The predicted octanol–water partition coefficient (Wildman–Crippen LogP) is 14.2. The monoisotopic (exact) mass is 700 g/mol. The molecule has 3 nitrogen and oxygen atoms in total. The summed E-state index contributed by atoms with van der Waals surface area (Å²) in [6.07, 6.45) is 0. The van der Waals surface area contributed by atoms with Gasteiger partial charge in [-0.05, 0) is 84.9 Å². The summed E-state index contributed by atoms with van der Waals surface area (Å²) in [7, 11) is 0. The Hall–Kier alpha value is -7.36. The van der Waals surface area contributed by atoms with E-state index in [2.05, 4.69) is 176 Å². The molecule has 0 spiro atoms. The van der Waals surface area contributed by atoms with Crippen LogP contribution in [0.5, 0.6) is 0 Å². The quantitative estimate of drug-likeness (QED) is 0.168. The molecule has 0 N–H and O–H groups in total. The summed E-state index contributed by atoms with van der Waals surface area (Å²) in [5.41, 5.74) is 11.2. The molecule has 2 aromatic heterocycles. The van der Waals surface area contributed by atoms with Crippen molar-refractivity contribution in [1.82, 2.24) is 9.97 Å². The molecule has 11 rings (SSSR count). The van der Waals surface area contributed by atoms with E-state index in [0.717, 1.165) is 66.7 Å². The van der Waals surface area contributed by atoms with Crippen LogP contribution in [0.15, 0.2) is 199 Å². The number of aromatic nitrogens is 2. The lowest BCUT2D eigenvalue weighted by molar-refractivity contribution is 0.669. The Morgan fingerprint density at radius 3 is 1.31 bits per heavy atom. The van der Waals surface area contributed by atoms with Gasteiger partial charge in [-0.2, -0.15) is 0 Å². The number of hydrogen-bond acceptors (Lipinski definition) is 3. The number of nitrogens with zero attached hydrogens (tertiary/aromatic N) is 2. The molecular formula is C52H32N2O. The van der Waals surface area contributed by atoms with Crippen LogP contribution in [0.2, 0.25) is 0 Å². The lowest BCUT2D eigenvalue weighted by atomic mass is 9.92. The second kappa shape index (κ2) is 12.6. The van der Waals surface area contributed by atoms with Crippen LogP contribution in [0.25, 0.3) is 110 Å². The summed E-state index contributed by atoms with van der Waals surface area (Å²) in [4.78, 5) is 10.2. The molecule has 0 aliphatic heterocycles. The number of furan rings is 1. The van der Waals surface area contributed by atoms with Crippen molar-refractivity contribution in [3.8, 4) is 56.2 Å². The fourth-order valence-electron chi connectivity index (χ4n) is 8.12. The highest BCUT2D eigenvalue weighted by Crippen LogP contribution is 2.38. The van der Waals surface area contributed by atoms with Gasteiger partial charge in [0.05, 0.1) is 11.4 Å². The van der Waals surface area contributed by atoms with Crippen molar-refractivity contribution in [2.75, 3.05) is 0 Å². The molecule has 0 saturated heterocycles. The first-order chi connectivity index (χ1) is 27.2. The number of fused-ring (bicyclic) bond motifs is 9. The van der Waals surface area contributed by atoms with E-state index in [1.54, 1.807) is 0 Å². The second-order valence-corrected chi connectivity index (χ2v) is 14.1. The molecule has 256 valence electrons. The highest BCUT2D eigenvalue weighted by atomic mass is 16.3. The molecule has 0 fully saturated rings. The van der Waals surface area contributed by atoms with Gasteiger partial charge >= 0.3 is 0 Å². The standard InChI is InChI=1S/C52H32N2O/c1-2-10-35(11-3-1)48-32-49(36-22-18-34(19-23-36)39-27-29-46-45-16-8-9-17-50(45)55-51(46)31-39)54-52(53-48)37-24-20-33(21-25-37)38-26-28-44-42-14-5-4-12-40(42)41-13-6-7-15-43(41)47(44)30-38/h1-32H. The van der Waals surface area contributed by atoms with Crippen molar-refractivity contribution < 1.29 is 4.42 Å². The van der Waals surface area contributed by atoms with Gasteiger partial charge < -0.3 is 4.42 Å². The minimum atomic E-state index is 0.693. The molecule has 3 heteroatoms. The van der Waals surface area contributed by atoms with Crippen LogP contribution in [0.4, 0.5) is 0 Å². The highest BCUT2D eigenvalue weighted by Gasteiger charge is 2.14. The van der Waals surface area contributed by atoms with E-state index in [-0.39, 0.29) is 0 Å². The third kappa shape index (κ3) is 5.36. The van der Waals surface area contributed by atoms with E-state index < -0.39 is 0 Å². The minimum absolute atomic E-state index is 0.693. The minimum Gasteiger partial charge on any atom is -0.456 e. The Bertz CT molecular complexity index is 3200. The van der Waals surface area contributed by atoms with Gasteiger partial charge in [0.15, 0.2) is 5.82 Å². The van der Waals surface area contributed by atoms with E-state index >= 15 is 0 Å². The van der Waals surface area contributed by atoms with Gasteiger partial charge in [-0.3, -0.25) is 0 Å². The van der Waals surface area contributed by atoms with E-state index in [1.807, 2.05) is 18.2 Å². The van der Waals surface area contributed by atoms with Crippen molar-refractivity contribution in [3.05, 3.63) is 194 Å². The van der Waals surface area contributed by atoms with Crippen LogP contribution in [0, 0.1) is 0 Å². The maximum Gasteiger partial charge on any atom is 0.160 e. The first kappa shape index (κ1) is 31.2. The lowest BCUT2D eigenvalue weighted by Crippen LogP contribution is -1.96. The lowest BCUT2D eigenvalue weighted by Gasteiger charge is -2.12. The average Bonchev–Trinajstić information content (AvgIpc) is 3.65. The van der Waals surface area contributed by atoms with Gasteiger partial charge in [0.25, 0.3) is 0 Å². The van der Waals surface area contributed by atoms with Gasteiger partial charge in [0, 0.05) is 27.5 Å². The zero-order valence-electron chi connectivity index (χ0n) is 29.8. The Morgan fingerprint density at radius 1 is 0.255 bits per heavy atom. The van der Waals surface area contributed by atoms with Crippen molar-refractivity contribution >= 4 is 54.3 Å². The SMILES string of the molecule is c1ccc(-c2cc(-c3ccc(-c4ccc5c(c4)oc4ccccc45)cc3)nc(-c3ccc(-c4ccc5c6ccccc6c6ccccc6c5c4)cc3)n2)cc1. The largest absolute Gasteiger partial charge is 0.456 e. The molecule has 2 heterocycles. The maximum absolute atomic E-state index is 6.18. The summed E-state index contributed by atoms with van der Waals surface area (Å²) in [5.74, 6) is 0.693. The summed E-state index contributed by atoms with van der Waals surface area (Å²) in [6, 6.07) is 68.6. The number of rotatable bonds is 5. The smallest absolute Gasteiger partial charge is 0.160 e. The van der Waals surface area contributed by atoms with Gasteiger partial charge in [-0.1, -0.05) is 164 Å². The zero-order valence-corrected chi connectivity index (χ0v) is 29.8. The molecule has 11 aromatic rings. The Balaban J connectivity index is 0.958. The summed E-state index contributed by atoms with van der Waals surface area (Å²) >= 11 is 0. The van der Waals surface area contributed by atoms with Gasteiger partial charge in [-0.25, -0.2) is 9.97 Å². The Kier molecular flexibility index (Phi) is 7.17. The topological polar surface area (TPSA) is 38.9 Å². The summed E-state index contributed by atoms with van der Waals surface area (Å²) < 4.78 is 6.18. The van der Waals surface area contributed by atoms with Gasteiger partial charge in [0.2, 0.25) is 0 Å². The molecule has 0 aliphatic carbocycles. The normalized spacial score (nSPS) is 11.6. The van der Waals surface area contributed by atoms with E-state index in [1.165, 1.54) is 37.9 Å². The molecular weight excluding hydrogens is 669 g/mol. The third-order valence-electron chi connectivity index (χ3n) is 10.9. The van der Waals surface area contributed by atoms with Crippen molar-refractivity contribution in [3.63, 3.8) is 0 Å². The first-order valence-electron chi connectivity index (χ1n) is 18.6. The van der Waals surface area contributed by atoms with Crippen molar-refractivity contribution in [2.45, 2.75) is 0 Å². The van der Waals surface area contributed by atoms with Crippen molar-refractivity contribution in [1.29, 1.82) is 0 Å². The highest BCUT2D eigenvalue weighted by molar-refractivity contribution is 6.25. The van der Waals surface area contributed by atoms with Crippen LogP contribution in [-0.2, 0) is 0 Å². The molecule has 0 radical (unpaired) electrons. The number of benzene rings is 9. The summed E-state index contributed by atoms with van der Waals surface area (Å²) in [5, 5.41) is 9.93. The molecule has 0 bridgehead atoms. The van der Waals surface area contributed by atoms with Gasteiger partial charge in [0.1, 0.15) is 11.2 Å². The van der Waals surface area contributed by atoms with Crippen molar-refractivity contribution in [2.24, 2.45) is 0 Å². The second-order valence-electron chi connectivity index (χ2n) is 14.1. The average molecular weight is 701 g/mol. The van der Waals surface area contributed by atoms with Crippen LogP contribution in [0.3, 0.4) is 0 Å². The Labute approximate surface area is 317 Å². The number of hydrogen-bond donors (Lipinski definition) is 0. The van der Waals surface area contributed by atoms with E-state index in [9.17, 15) is 0 Å². The molecule has 0 aliphatic rings. The molecule has 55 heavy (non-hydrogen) atoms. The van der Waals surface area contributed by atoms with Crippen LogP contribution >= 0.6 is 0 Å². The zero-order chi connectivity index (χ0) is 36.3. The number of para-hydroxylation sites is 1. The maximum atomic E-state index is 6.18. The molecule has 0 amide bonds. The third-order valence-corrected chi connectivity index (χ3v) is 10.9. The molecule has 0 atom stereocenters. The van der Waals surface area contributed by atoms with Crippen LogP contribution in [-0.4, -0.2) is 9.97 Å². The van der Waals surface area contributed by atoms with Gasteiger partial charge in [-0.15, -0.1) is 0 Å². The fourth-order valence-corrected chi connectivity index (χ4v) is 8.12. The van der Waals surface area contributed by atoms with Crippen LogP contribution in [0.1, 0.15) is 0 Å². The first-order valence-corrected chi connectivity index (χ1v) is 18.6. The molecule has 0 unspecified atom stereocenters. The summed E-state index contributed by atoms with van der Waals surface area (Å²) in [6.45, 7) is 0. The Morgan fingerprint density at radius 2 is 0.673 bits per heavy atom. The molecule has 0 saturated carbocycles. The van der Waals surface area contributed by atoms with Crippen LogP contribution < -0.4 is 0 Å². The fraction of sp³-hybridized carbons (Fsp3) is 0.